The van der Waals surface area contributed by atoms with Crippen LogP contribution >= 0.6 is 0 Å². The Kier molecular flexibility index (Phi) is 3.04. The zero-order valence-corrected chi connectivity index (χ0v) is 7.39. The summed E-state index contributed by atoms with van der Waals surface area (Å²) in [5.41, 5.74) is 0. The molecule has 0 unspecified atom stereocenters. The molecule has 1 aliphatic carbocycles. The van der Waals surface area contributed by atoms with Gasteiger partial charge in [-0.15, -0.1) is 0 Å². The highest BCUT2D eigenvalue weighted by Gasteiger charge is 2.39. The Balaban J connectivity index is 2.44. The smallest absolute Gasteiger partial charge is 0.250 e. The first kappa shape index (κ1) is 9.90. The van der Waals surface area contributed by atoms with Gasteiger partial charge in [0, 0.05) is 12.3 Å². The van der Waals surface area contributed by atoms with Crippen LogP contribution in [0.5, 0.6) is 0 Å². The van der Waals surface area contributed by atoms with Gasteiger partial charge < -0.3 is 5.11 Å². The summed E-state index contributed by atoms with van der Waals surface area (Å²) >= 11 is 0. The molecule has 1 aliphatic rings. The molecule has 0 amide bonds. The molecule has 1 nitrogen and oxygen atoms in total. The molecule has 0 aliphatic heterocycles. The van der Waals surface area contributed by atoms with Crippen molar-refractivity contribution in [2.75, 3.05) is 0 Å². The first-order chi connectivity index (χ1) is 5.56. The second kappa shape index (κ2) is 3.69. The number of aliphatic hydroxyl groups is 1. The molecule has 0 heterocycles. The third kappa shape index (κ3) is 2.16. The van der Waals surface area contributed by atoms with Crippen LogP contribution in [0, 0.1) is 5.92 Å². The Morgan fingerprint density at radius 2 is 1.75 bits per heavy atom. The molecule has 0 bridgehead atoms. The van der Waals surface area contributed by atoms with Crippen LogP contribution in [-0.2, 0) is 0 Å². The van der Waals surface area contributed by atoms with E-state index in [0.29, 0.717) is 25.7 Å². The summed E-state index contributed by atoms with van der Waals surface area (Å²) in [6.45, 7) is 1.52. The lowest BCUT2D eigenvalue weighted by molar-refractivity contribution is -0.0836. The van der Waals surface area contributed by atoms with Crippen molar-refractivity contribution >= 4 is 0 Å². The lowest BCUT2D eigenvalue weighted by atomic mass is 9.82. The second-order valence-corrected chi connectivity index (χ2v) is 3.62. The van der Waals surface area contributed by atoms with E-state index >= 15 is 0 Å². The first-order valence-corrected chi connectivity index (χ1v) is 4.62. The third-order valence-corrected chi connectivity index (χ3v) is 2.77. The SMILES string of the molecule is CCC(F)(F)[C@H]1CC[C@@H](O)CC1. The topological polar surface area (TPSA) is 20.2 Å². The molecular formula is C9H16F2O. The molecule has 1 fully saturated rings. The first-order valence-electron chi connectivity index (χ1n) is 4.62. The molecule has 1 saturated carbocycles. The molecule has 1 N–H and O–H groups in total. The van der Waals surface area contributed by atoms with Crippen LogP contribution in [0.3, 0.4) is 0 Å². The van der Waals surface area contributed by atoms with Gasteiger partial charge in [0.25, 0.3) is 5.92 Å². The molecule has 0 spiro atoms. The summed E-state index contributed by atoms with van der Waals surface area (Å²) in [5, 5.41) is 9.12. The van der Waals surface area contributed by atoms with E-state index in [1.54, 1.807) is 0 Å². The minimum absolute atomic E-state index is 0.0756. The highest BCUT2D eigenvalue weighted by molar-refractivity contribution is 4.81. The summed E-state index contributed by atoms with van der Waals surface area (Å²) in [6.07, 6.45) is 1.62. The average molecular weight is 178 g/mol. The van der Waals surface area contributed by atoms with E-state index in [2.05, 4.69) is 0 Å². The summed E-state index contributed by atoms with van der Waals surface area (Å²) < 4.78 is 26.2. The van der Waals surface area contributed by atoms with Gasteiger partial charge in [-0.1, -0.05) is 6.92 Å². The predicted molar refractivity (Wildman–Crippen MR) is 43.2 cm³/mol. The normalized spacial score (nSPS) is 32.0. The van der Waals surface area contributed by atoms with Gasteiger partial charge in [-0.05, 0) is 25.7 Å². The average Bonchev–Trinajstić information content (AvgIpc) is 2.05. The molecule has 1 rings (SSSR count). The molecule has 0 saturated heterocycles. The largest absolute Gasteiger partial charge is 0.393 e. The molecule has 0 atom stereocenters. The van der Waals surface area contributed by atoms with Crippen LogP contribution in [0.4, 0.5) is 8.78 Å². The van der Waals surface area contributed by atoms with Crippen LogP contribution in [0.2, 0.25) is 0 Å². The van der Waals surface area contributed by atoms with Crippen LogP contribution in [-0.4, -0.2) is 17.1 Å². The Morgan fingerprint density at radius 1 is 1.25 bits per heavy atom. The Labute approximate surface area is 71.8 Å². The molecule has 0 aromatic carbocycles. The number of hydrogen-bond acceptors (Lipinski definition) is 1. The Hall–Kier alpha value is -0.180. The van der Waals surface area contributed by atoms with Crippen molar-refractivity contribution in [3.8, 4) is 0 Å². The van der Waals surface area contributed by atoms with Crippen molar-refractivity contribution < 1.29 is 13.9 Å². The van der Waals surface area contributed by atoms with Gasteiger partial charge in [0.05, 0.1) is 6.10 Å². The Morgan fingerprint density at radius 3 is 2.17 bits per heavy atom. The summed E-state index contributed by atoms with van der Waals surface area (Å²) in [7, 11) is 0. The van der Waals surface area contributed by atoms with Crippen LogP contribution in [0.15, 0.2) is 0 Å². The zero-order valence-electron chi connectivity index (χ0n) is 7.39. The fourth-order valence-corrected chi connectivity index (χ4v) is 1.79. The molecule has 0 aromatic heterocycles. The van der Waals surface area contributed by atoms with Gasteiger partial charge in [0.2, 0.25) is 0 Å². The number of hydrogen-bond donors (Lipinski definition) is 1. The molecule has 12 heavy (non-hydrogen) atoms. The fourth-order valence-electron chi connectivity index (χ4n) is 1.79. The van der Waals surface area contributed by atoms with Crippen molar-refractivity contribution in [2.24, 2.45) is 5.92 Å². The van der Waals surface area contributed by atoms with Crippen molar-refractivity contribution in [2.45, 2.75) is 51.1 Å². The maximum atomic E-state index is 13.1. The van der Waals surface area contributed by atoms with E-state index in [1.807, 2.05) is 0 Å². The lowest BCUT2D eigenvalue weighted by Gasteiger charge is -2.31. The lowest BCUT2D eigenvalue weighted by Crippen LogP contribution is -2.32. The van der Waals surface area contributed by atoms with E-state index in [0.717, 1.165) is 0 Å². The minimum atomic E-state index is -2.51. The molecule has 0 aromatic rings. The van der Waals surface area contributed by atoms with Gasteiger partial charge in [-0.2, -0.15) is 0 Å². The Bertz CT molecular complexity index is 139. The second-order valence-electron chi connectivity index (χ2n) is 3.62. The number of aliphatic hydroxyl groups excluding tert-OH is 1. The van der Waals surface area contributed by atoms with Gasteiger partial charge in [0.1, 0.15) is 0 Å². The van der Waals surface area contributed by atoms with Crippen molar-refractivity contribution in [1.29, 1.82) is 0 Å². The summed E-state index contributed by atoms with van der Waals surface area (Å²) in [6, 6.07) is 0. The van der Waals surface area contributed by atoms with Gasteiger partial charge in [-0.25, -0.2) is 8.78 Å². The van der Waals surface area contributed by atoms with E-state index in [1.165, 1.54) is 6.92 Å². The van der Waals surface area contributed by atoms with Gasteiger partial charge in [-0.3, -0.25) is 0 Å². The summed E-state index contributed by atoms with van der Waals surface area (Å²) in [4.78, 5) is 0. The molecule has 0 radical (unpaired) electrons. The van der Waals surface area contributed by atoms with Gasteiger partial charge in [0.15, 0.2) is 0 Å². The van der Waals surface area contributed by atoms with Gasteiger partial charge >= 0.3 is 0 Å². The molecule has 3 heteroatoms. The quantitative estimate of drug-likeness (QED) is 0.689. The maximum Gasteiger partial charge on any atom is 0.250 e. The number of rotatable bonds is 2. The van der Waals surface area contributed by atoms with Crippen LogP contribution < -0.4 is 0 Å². The van der Waals surface area contributed by atoms with Crippen molar-refractivity contribution in [1.82, 2.24) is 0 Å². The summed E-state index contributed by atoms with van der Waals surface area (Å²) in [5.74, 6) is -3.01. The maximum absolute atomic E-state index is 13.1. The van der Waals surface area contributed by atoms with Crippen molar-refractivity contribution in [3.05, 3.63) is 0 Å². The van der Waals surface area contributed by atoms with Crippen molar-refractivity contribution in [3.63, 3.8) is 0 Å². The fraction of sp³-hybridized carbons (Fsp3) is 1.00. The number of halogens is 2. The van der Waals surface area contributed by atoms with E-state index in [9.17, 15) is 8.78 Å². The van der Waals surface area contributed by atoms with Crippen LogP contribution in [0.1, 0.15) is 39.0 Å². The highest BCUT2D eigenvalue weighted by atomic mass is 19.3. The zero-order chi connectivity index (χ0) is 9.19. The van der Waals surface area contributed by atoms with E-state index in [4.69, 9.17) is 5.11 Å². The predicted octanol–water partition coefficient (Wildman–Crippen LogP) is 2.58. The standard InChI is InChI=1S/C9H16F2O/c1-2-9(10,11)7-3-5-8(12)6-4-7/h7-8,12H,2-6H2,1H3/t7-,8+. The monoisotopic (exact) mass is 178 g/mol. The molecular weight excluding hydrogens is 162 g/mol. The minimum Gasteiger partial charge on any atom is -0.393 e. The third-order valence-electron chi connectivity index (χ3n) is 2.77. The van der Waals surface area contributed by atoms with Crippen LogP contribution in [0.25, 0.3) is 0 Å². The number of alkyl halides is 2. The van der Waals surface area contributed by atoms with E-state index in [-0.39, 0.29) is 12.5 Å². The highest BCUT2D eigenvalue weighted by Crippen LogP contribution is 2.38. The van der Waals surface area contributed by atoms with E-state index < -0.39 is 11.8 Å². The molecule has 72 valence electrons.